The van der Waals surface area contributed by atoms with Crippen LogP contribution in [0.4, 0.5) is 0 Å². The van der Waals surface area contributed by atoms with E-state index in [2.05, 4.69) is 153 Å². The van der Waals surface area contributed by atoms with Gasteiger partial charge >= 0.3 is 0 Å². The Morgan fingerprint density at radius 1 is 0.578 bits per heavy atom. The van der Waals surface area contributed by atoms with Crippen molar-refractivity contribution in [2.75, 3.05) is 32.8 Å². The predicted molar refractivity (Wildman–Crippen MR) is 268 cm³/mol. The monoisotopic (exact) mass is 907 g/mol. The van der Waals surface area contributed by atoms with E-state index in [0.29, 0.717) is 66.0 Å². The molecule has 1 unspecified atom stereocenters. The molecule has 10 heteroatoms. The Hall–Kier alpha value is -2.08. The SMILES string of the molecule is CC(C)[C@@H]1C[C@H](C2CCCO2)CN1C(C)C.CC(C)[C@@H]1C[C@H](c2ccco2)CN1C(C)C.CC(C)[C@@H]1C[C@H](c2cncs2)CN1C(C)C.CC(C)[C@@H]1C[C@H](c2ncco2)CN1C(C)C. The van der Waals surface area contributed by atoms with Gasteiger partial charge in [0, 0.05) is 110 Å². The van der Waals surface area contributed by atoms with E-state index in [9.17, 15) is 0 Å². The largest absolute Gasteiger partial charge is 0.469 e. The lowest BCUT2D eigenvalue weighted by molar-refractivity contribution is 0.0642. The molecule has 5 fully saturated rings. The molecule has 3 aromatic rings. The molecule has 0 bridgehead atoms. The lowest BCUT2D eigenvalue weighted by Crippen LogP contribution is -2.38. The van der Waals surface area contributed by atoms with E-state index in [4.69, 9.17) is 13.6 Å². The Morgan fingerprint density at radius 2 is 1.08 bits per heavy atom. The third kappa shape index (κ3) is 14.0. The molecule has 8 heterocycles. The maximum Gasteiger partial charge on any atom is 0.198 e. The lowest BCUT2D eigenvalue weighted by atomic mass is 9.93. The van der Waals surface area contributed by atoms with Gasteiger partial charge in [0.05, 0.1) is 24.1 Å². The first-order chi connectivity index (χ1) is 30.4. The highest BCUT2D eigenvalue weighted by atomic mass is 32.1. The third-order valence-corrected chi connectivity index (χ3v) is 16.3. The zero-order chi connectivity index (χ0) is 46.8. The van der Waals surface area contributed by atoms with Crippen molar-refractivity contribution in [1.82, 2.24) is 29.6 Å². The van der Waals surface area contributed by atoms with Crippen molar-refractivity contribution in [2.45, 2.75) is 221 Å². The Kier molecular flexibility index (Phi) is 20.5. The van der Waals surface area contributed by atoms with Crippen molar-refractivity contribution in [2.24, 2.45) is 29.6 Å². The summed E-state index contributed by atoms with van der Waals surface area (Å²) in [5, 5.41) is 0. The summed E-state index contributed by atoms with van der Waals surface area (Å²) < 4.78 is 16.8. The van der Waals surface area contributed by atoms with E-state index in [1.165, 1.54) is 56.5 Å². The van der Waals surface area contributed by atoms with Crippen molar-refractivity contribution in [1.29, 1.82) is 0 Å². The smallest absolute Gasteiger partial charge is 0.198 e. The first kappa shape index (κ1) is 52.9. The number of ether oxygens (including phenoxy) is 1. The molecule has 0 saturated carbocycles. The Bertz CT molecular complexity index is 1450. The zero-order valence-electron chi connectivity index (χ0n) is 43.5. The molecule has 5 aliphatic heterocycles. The zero-order valence-corrected chi connectivity index (χ0v) is 44.3. The number of furan rings is 1. The topological polar surface area (TPSA) is 74.2 Å². The molecule has 5 saturated heterocycles. The molecule has 0 amide bonds. The number of hydrogen-bond acceptors (Lipinski definition) is 10. The van der Waals surface area contributed by atoms with Crippen LogP contribution >= 0.6 is 11.3 Å². The average Bonchev–Trinajstić information content (AvgIpc) is 4.08. The first-order valence-electron chi connectivity index (χ1n) is 25.8. The summed E-state index contributed by atoms with van der Waals surface area (Å²) in [5.74, 6) is 7.58. The maximum absolute atomic E-state index is 5.87. The fourth-order valence-corrected chi connectivity index (χ4v) is 12.5. The molecule has 9 nitrogen and oxygen atoms in total. The summed E-state index contributed by atoms with van der Waals surface area (Å²) >= 11 is 1.81. The van der Waals surface area contributed by atoms with Crippen molar-refractivity contribution in [3.63, 3.8) is 0 Å². The standard InChI is InChI=1S/C14H27NO.C14H23NO.C13H22N2O.C13H22N2S/c2*1-10(2)13-8-12(9-15(13)11(3)4)14-6-5-7-16-14;1-9(2)12-7-11(8-15(12)10(3)4)13-14-5-6-16-13;1-9(2)12-5-11(7-15(12)10(3)4)13-6-14-8-16-13/h10-14H,5-9H2,1-4H3;5-7,10-13H,8-9H2,1-4H3;5-6,9-12H,7-8H2,1-4H3;6,8-12H,5,7H2,1-4H3/t12-,13-,14?;12-,13-;2*11-,12-/m0000/s1. The van der Waals surface area contributed by atoms with Crippen molar-refractivity contribution in [3.05, 3.63) is 59.1 Å². The molecule has 0 aliphatic carbocycles. The van der Waals surface area contributed by atoms with Gasteiger partial charge in [0.15, 0.2) is 5.89 Å². The number of nitrogens with zero attached hydrogens (tertiary/aromatic N) is 6. The van der Waals surface area contributed by atoms with Crippen LogP contribution in [-0.2, 0) is 4.74 Å². The number of likely N-dealkylation sites (tertiary alicyclic amines) is 4. The molecular weight excluding hydrogens is 813 g/mol. The summed E-state index contributed by atoms with van der Waals surface area (Å²) in [6.45, 7) is 42.7. The van der Waals surface area contributed by atoms with Crippen molar-refractivity contribution >= 4 is 11.3 Å². The number of rotatable bonds is 12. The second kappa shape index (κ2) is 24.8. The van der Waals surface area contributed by atoms with Crippen LogP contribution in [0.15, 0.2) is 51.4 Å². The second-order valence-electron chi connectivity index (χ2n) is 22.5. The molecule has 8 rings (SSSR count). The highest BCUT2D eigenvalue weighted by Crippen LogP contribution is 2.40. The van der Waals surface area contributed by atoms with Gasteiger partial charge in [-0.15, -0.1) is 11.3 Å². The minimum Gasteiger partial charge on any atom is -0.469 e. The van der Waals surface area contributed by atoms with E-state index in [1.54, 1.807) is 18.7 Å². The van der Waals surface area contributed by atoms with E-state index in [0.717, 1.165) is 67.1 Å². The highest BCUT2D eigenvalue weighted by molar-refractivity contribution is 7.09. The molecule has 364 valence electrons. The van der Waals surface area contributed by atoms with Crippen LogP contribution < -0.4 is 0 Å². The van der Waals surface area contributed by atoms with Gasteiger partial charge in [0.2, 0.25) is 0 Å². The van der Waals surface area contributed by atoms with E-state index < -0.39 is 0 Å². The molecule has 0 spiro atoms. The van der Waals surface area contributed by atoms with Crippen LogP contribution in [0, 0.1) is 29.6 Å². The minimum atomic E-state index is 0.477. The van der Waals surface area contributed by atoms with E-state index >= 15 is 0 Å². The average molecular weight is 907 g/mol. The normalized spacial score (nSPS) is 29.5. The maximum atomic E-state index is 5.87. The van der Waals surface area contributed by atoms with Gasteiger partial charge in [-0.05, 0) is 136 Å². The Balaban J connectivity index is 0.000000161. The molecule has 5 aliphatic rings. The fraction of sp³-hybridized carbons (Fsp3) is 0.815. The van der Waals surface area contributed by atoms with Gasteiger partial charge < -0.3 is 13.6 Å². The minimum absolute atomic E-state index is 0.477. The van der Waals surface area contributed by atoms with Gasteiger partial charge in [-0.2, -0.15) is 0 Å². The third-order valence-electron chi connectivity index (χ3n) is 15.4. The highest BCUT2D eigenvalue weighted by Gasteiger charge is 2.41. The van der Waals surface area contributed by atoms with Crippen LogP contribution in [0.5, 0.6) is 0 Å². The van der Waals surface area contributed by atoms with Crippen molar-refractivity contribution < 1.29 is 13.6 Å². The van der Waals surface area contributed by atoms with Crippen LogP contribution in [0.3, 0.4) is 0 Å². The molecular formula is C54H94N6O3S. The van der Waals surface area contributed by atoms with Crippen LogP contribution in [0.1, 0.15) is 184 Å². The summed E-state index contributed by atoms with van der Waals surface area (Å²) in [4.78, 5) is 20.5. The number of aromatic nitrogens is 2. The van der Waals surface area contributed by atoms with Crippen LogP contribution in [-0.4, -0.2) is 117 Å². The molecule has 9 atom stereocenters. The van der Waals surface area contributed by atoms with Gasteiger partial charge in [-0.1, -0.05) is 55.4 Å². The molecule has 0 N–H and O–H groups in total. The van der Waals surface area contributed by atoms with E-state index in [1.807, 2.05) is 22.9 Å². The van der Waals surface area contributed by atoms with Gasteiger partial charge in [0.1, 0.15) is 12.0 Å². The molecule has 0 radical (unpaired) electrons. The van der Waals surface area contributed by atoms with Crippen LogP contribution in [0.2, 0.25) is 0 Å². The molecule has 3 aromatic heterocycles. The fourth-order valence-electron chi connectivity index (χ4n) is 11.8. The van der Waals surface area contributed by atoms with Gasteiger partial charge in [0.25, 0.3) is 0 Å². The summed E-state index contributed by atoms with van der Waals surface area (Å²) in [7, 11) is 0. The van der Waals surface area contributed by atoms with Gasteiger partial charge in [-0.3, -0.25) is 24.6 Å². The Labute approximate surface area is 395 Å². The summed E-state index contributed by atoms with van der Waals surface area (Å²) in [5.41, 5.74) is 1.96. The first-order valence-corrected chi connectivity index (χ1v) is 26.7. The quantitative estimate of drug-likeness (QED) is 0.177. The number of hydrogen-bond donors (Lipinski definition) is 0. The van der Waals surface area contributed by atoms with Crippen LogP contribution in [0.25, 0.3) is 0 Å². The van der Waals surface area contributed by atoms with Crippen molar-refractivity contribution in [3.8, 4) is 0 Å². The van der Waals surface area contributed by atoms with Gasteiger partial charge in [-0.25, -0.2) is 4.98 Å². The molecule has 64 heavy (non-hydrogen) atoms. The Morgan fingerprint density at radius 3 is 1.48 bits per heavy atom. The molecule has 0 aromatic carbocycles. The summed E-state index contributed by atoms with van der Waals surface area (Å²) in [6, 6.07) is 9.57. The van der Waals surface area contributed by atoms with E-state index in [-0.39, 0.29) is 0 Å². The predicted octanol–water partition coefficient (Wildman–Crippen LogP) is 12.7. The summed E-state index contributed by atoms with van der Waals surface area (Å²) in [6.07, 6.45) is 15.5. The second-order valence-corrected chi connectivity index (χ2v) is 23.5. The lowest BCUT2D eigenvalue weighted by Gasteiger charge is -2.30. The number of oxazole rings is 1. The number of thiazole rings is 1.